The lowest BCUT2D eigenvalue weighted by Gasteiger charge is -2.37. The largest absolute Gasteiger partial charge is 0.506 e. The van der Waals surface area contributed by atoms with Crippen LogP contribution in [0.15, 0.2) is 18.2 Å². The Labute approximate surface area is 117 Å². The normalized spacial score (nSPS) is 15.1. The summed E-state index contributed by atoms with van der Waals surface area (Å²) < 4.78 is 0. The molecule has 1 fully saturated rings. The molecule has 0 radical (unpaired) electrons. The van der Waals surface area contributed by atoms with Crippen LogP contribution in [0.25, 0.3) is 0 Å². The molecule has 0 bridgehead atoms. The molecule has 0 saturated heterocycles. The van der Waals surface area contributed by atoms with Gasteiger partial charge in [0.25, 0.3) is 5.91 Å². The number of nitrogens with zero attached hydrogens (tertiary/aromatic N) is 1. The van der Waals surface area contributed by atoms with Crippen molar-refractivity contribution in [3.8, 4) is 5.75 Å². The maximum absolute atomic E-state index is 12.5. The molecule has 104 valence electrons. The molecule has 1 saturated carbocycles. The van der Waals surface area contributed by atoms with Crippen LogP contribution in [0.3, 0.4) is 0 Å². The average molecular weight is 284 g/mol. The Morgan fingerprint density at radius 1 is 1.42 bits per heavy atom. The van der Waals surface area contributed by atoms with Gasteiger partial charge in [0.1, 0.15) is 5.75 Å². The maximum atomic E-state index is 12.5. The van der Waals surface area contributed by atoms with E-state index in [1.54, 1.807) is 6.07 Å². The maximum Gasteiger partial charge on any atom is 0.254 e. The summed E-state index contributed by atoms with van der Waals surface area (Å²) >= 11 is 5.83. The number of carbonyl (C=O) groups excluding carboxylic acids is 1. The number of benzene rings is 1. The van der Waals surface area contributed by atoms with E-state index in [4.69, 9.17) is 16.7 Å². The van der Waals surface area contributed by atoms with E-state index >= 15 is 0 Å². The van der Waals surface area contributed by atoms with E-state index in [-0.39, 0.29) is 29.3 Å². The van der Waals surface area contributed by atoms with Crippen LogP contribution < -0.4 is 0 Å². The number of amides is 1. The Kier molecular flexibility index (Phi) is 4.66. The number of hydrogen-bond acceptors (Lipinski definition) is 3. The van der Waals surface area contributed by atoms with E-state index in [2.05, 4.69) is 0 Å². The molecule has 1 amide bonds. The summed E-state index contributed by atoms with van der Waals surface area (Å²) in [5.41, 5.74) is 0.479. The van der Waals surface area contributed by atoms with Gasteiger partial charge in [-0.15, -0.1) is 0 Å². The van der Waals surface area contributed by atoms with Gasteiger partial charge in [-0.25, -0.2) is 0 Å². The van der Waals surface area contributed by atoms with E-state index in [1.165, 1.54) is 12.1 Å². The Balaban J connectivity index is 2.15. The molecule has 0 unspecified atom stereocenters. The first-order chi connectivity index (χ1) is 9.13. The van der Waals surface area contributed by atoms with E-state index in [0.717, 1.165) is 19.3 Å². The highest BCUT2D eigenvalue weighted by Crippen LogP contribution is 2.28. The molecule has 5 heteroatoms. The first kappa shape index (κ1) is 14.2. The Morgan fingerprint density at radius 2 is 2.16 bits per heavy atom. The second-order valence-electron chi connectivity index (χ2n) is 4.83. The third kappa shape index (κ3) is 3.19. The van der Waals surface area contributed by atoms with E-state index in [0.29, 0.717) is 18.5 Å². The molecule has 2 rings (SSSR count). The topological polar surface area (TPSA) is 60.8 Å². The lowest BCUT2D eigenvalue weighted by atomic mass is 9.90. The fraction of sp³-hybridized carbons (Fsp3) is 0.500. The summed E-state index contributed by atoms with van der Waals surface area (Å²) in [4.78, 5) is 14.3. The Bertz CT molecular complexity index is 460. The molecule has 2 N–H and O–H groups in total. The summed E-state index contributed by atoms with van der Waals surface area (Å²) in [7, 11) is 0. The zero-order valence-electron chi connectivity index (χ0n) is 10.7. The Hall–Kier alpha value is -1.26. The van der Waals surface area contributed by atoms with Crippen molar-refractivity contribution >= 4 is 17.5 Å². The molecular weight excluding hydrogens is 266 g/mol. The van der Waals surface area contributed by atoms with Crippen LogP contribution in [0.2, 0.25) is 5.02 Å². The number of hydrogen-bond donors (Lipinski definition) is 2. The standard InChI is InChI=1S/C14H18ClNO3/c15-12-9-10(5-6-13(12)18)14(19)16(7-2-8-17)11-3-1-4-11/h5-6,9,11,17-18H,1-4,7-8H2. The summed E-state index contributed by atoms with van der Waals surface area (Å²) in [6.07, 6.45) is 3.75. The van der Waals surface area contributed by atoms with Crippen molar-refractivity contribution < 1.29 is 15.0 Å². The van der Waals surface area contributed by atoms with Crippen molar-refractivity contribution in [2.24, 2.45) is 0 Å². The summed E-state index contributed by atoms with van der Waals surface area (Å²) in [5, 5.41) is 18.5. The SMILES string of the molecule is O=C(c1ccc(O)c(Cl)c1)N(CCCO)C1CCC1. The van der Waals surface area contributed by atoms with Crippen molar-refractivity contribution in [2.45, 2.75) is 31.7 Å². The lowest BCUT2D eigenvalue weighted by Crippen LogP contribution is -2.44. The van der Waals surface area contributed by atoms with Crippen molar-refractivity contribution in [3.05, 3.63) is 28.8 Å². The number of aromatic hydroxyl groups is 1. The second kappa shape index (κ2) is 6.26. The van der Waals surface area contributed by atoms with Gasteiger partial charge in [-0.2, -0.15) is 0 Å². The minimum Gasteiger partial charge on any atom is -0.506 e. The van der Waals surface area contributed by atoms with Gasteiger partial charge in [-0.3, -0.25) is 4.79 Å². The van der Waals surface area contributed by atoms with Crippen LogP contribution in [0.1, 0.15) is 36.0 Å². The van der Waals surface area contributed by atoms with Crippen LogP contribution in [-0.2, 0) is 0 Å². The number of carbonyl (C=O) groups is 1. The van der Waals surface area contributed by atoms with Gasteiger partial charge in [-0.05, 0) is 43.9 Å². The highest BCUT2D eigenvalue weighted by Gasteiger charge is 2.29. The van der Waals surface area contributed by atoms with Gasteiger partial charge in [0.15, 0.2) is 0 Å². The number of aliphatic hydroxyl groups is 1. The van der Waals surface area contributed by atoms with Gasteiger partial charge < -0.3 is 15.1 Å². The fourth-order valence-electron chi connectivity index (χ4n) is 2.20. The van der Waals surface area contributed by atoms with E-state index < -0.39 is 0 Å². The average Bonchev–Trinajstić information content (AvgIpc) is 2.34. The zero-order chi connectivity index (χ0) is 13.8. The van der Waals surface area contributed by atoms with Gasteiger partial charge in [0.05, 0.1) is 5.02 Å². The molecule has 0 atom stereocenters. The van der Waals surface area contributed by atoms with Crippen LogP contribution in [0, 0.1) is 0 Å². The predicted molar refractivity (Wildman–Crippen MR) is 73.5 cm³/mol. The highest BCUT2D eigenvalue weighted by molar-refractivity contribution is 6.32. The quantitative estimate of drug-likeness (QED) is 0.872. The monoisotopic (exact) mass is 283 g/mol. The molecule has 1 aliphatic rings. The van der Waals surface area contributed by atoms with Gasteiger partial charge in [-0.1, -0.05) is 11.6 Å². The smallest absolute Gasteiger partial charge is 0.254 e. The van der Waals surface area contributed by atoms with Gasteiger partial charge in [0, 0.05) is 24.8 Å². The summed E-state index contributed by atoms with van der Waals surface area (Å²) in [6.45, 7) is 0.630. The molecule has 0 heterocycles. The second-order valence-corrected chi connectivity index (χ2v) is 5.23. The molecule has 1 aromatic carbocycles. The fourth-order valence-corrected chi connectivity index (χ4v) is 2.38. The highest BCUT2D eigenvalue weighted by atomic mass is 35.5. The number of phenolic OH excluding ortho intramolecular Hbond substituents is 1. The number of aliphatic hydroxyl groups excluding tert-OH is 1. The molecule has 1 aromatic rings. The van der Waals surface area contributed by atoms with E-state index in [9.17, 15) is 9.90 Å². The third-order valence-electron chi connectivity index (χ3n) is 3.53. The van der Waals surface area contributed by atoms with Crippen molar-refractivity contribution in [3.63, 3.8) is 0 Å². The van der Waals surface area contributed by atoms with Crippen molar-refractivity contribution in [2.75, 3.05) is 13.2 Å². The number of phenols is 1. The minimum absolute atomic E-state index is 0.0243. The van der Waals surface area contributed by atoms with Crippen molar-refractivity contribution in [1.29, 1.82) is 0 Å². The molecule has 0 spiro atoms. The summed E-state index contributed by atoms with van der Waals surface area (Å²) in [6, 6.07) is 4.77. The lowest BCUT2D eigenvalue weighted by molar-refractivity contribution is 0.0562. The number of rotatable bonds is 5. The van der Waals surface area contributed by atoms with Gasteiger partial charge >= 0.3 is 0 Å². The molecule has 4 nitrogen and oxygen atoms in total. The van der Waals surface area contributed by atoms with Crippen LogP contribution in [-0.4, -0.2) is 40.2 Å². The number of halogens is 1. The van der Waals surface area contributed by atoms with Crippen LogP contribution in [0.4, 0.5) is 0 Å². The molecular formula is C14H18ClNO3. The third-order valence-corrected chi connectivity index (χ3v) is 3.83. The molecule has 0 aliphatic heterocycles. The molecule has 19 heavy (non-hydrogen) atoms. The first-order valence-corrected chi connectivity index (χ1v) is 6.91. The van der Waals surface area contributed by atoms with Crippen molar-refractivity contribution in [1.82, 2.24) is 4.90 Å². The van der Waals surface area contributed by atoms with Gasteiger partial charge in [0.2, 0.25) is 0 Å². The Morgan fingerprint density at radius 3 is 2.68 bits per heavy atom. The summed E-state index contributed by atoms with van der Waals surface area (Å²) in [5.74, 6) is -0.108. The molecule has 0 aromatic heterocycles. The first-order valence-electron chi connectivity index (χ1n) is 6.54. The minimum atomic E-state index is -0.0833. The van der Waals surface area contributed by atoms with Crippen LogP contribution in [0.5, 0.6) is 5.75 Å². The predicted octanol–water partition coefficient (Wildman–Crippen LogP) is 2.42. The van der Waals surface area contributed by atoms with E-state index in [1.807, 2.05) is 4.90 Å². The molecule has 1 aliphatic carbocycles. The van der Waals surface area contributed by atoms with Crippen LogP contribution >= 0.6 is 11.6 Å². The zero-order valence-corrected chi connectivity index (χ0v) is 11.4.